The number of thioether (sulfide) groups is 1. The maximum Gasteiger partial charge on any atom is 0.321 e. The normalized spacial score (nSPS) is 15.6. The van der Waals surface area contributed by atoms with Crippen LogP contribution in [0.1, 0.15) is 32.1 Å². The number of carbonyl (C=O) groups excluding carboxylic acids is 3. The van der Waals surface area contributed by atoms with Gasteiger partial charge in [-0.15, -0.1) is 11.8 Å². The van der Waals surface area contributed by atoms with Crippen LogP contribution < -0.4 is 20.9 Å². The van der Waals surface area contributed by atoms with Crippen molar-refractivity contribution in [1.82, 2.24) is 10.6 Å². The van der Waals surface area contributed by atoms with Crippen molar-refractivity contribution in [2.45, 2.75) is 43.0 Å². The molecule has 8 heteroatoms. The summed E-state index contributed by atoms with van der Waals surface area (Å²) in [6.45, 7) is 0.191. The van der Waals surface area contributed by atoms with Crippen LogP contribution in [0.4, 0.5) is 10.5 Å². The summed E-state index contributed by atoms with van der Waals surface area (Å²) in [7, 11) is 1.75. The number of hydrogen-bond donors (Lipinski definition) is 4. The Labute approximate surface area is 164 Å². The lowest BCUT2D eigenvalue weighted by Gasteiger charge is -2.22. The smallest absolute Gasteiger partial charge is 0.321 e. The van der Waals surface area contributed by atoms with E-state index in [-0.39, 0.29) is 25.0 Å². The molecule has 148 valence electrons. The van der Waals surface area contributed by atoms with Gasteiger partial charge < -0.3 is 15.5 Å². The fourth-order valence-corrected chi connectivity index (χ4v) is 3.75. The van der Waals surface area contributed by atoms with E-state index in [0.717, 1.165) is 36.3 Å². The second kappa shape index (κ2) is 10.9. The molecule has 1 aromatic rings. The number of nitrogens with one attached hydrogen (secondary N) is 4. The number of benzene rings is 1. The van der Waals surface area contributed by atoms with Gasteiger partial charge in [-0.1, -0.05) is 31.4 Å². The van der Waals surface area contributed by atoms with Crippen molar-refractivity contribution in [3.05, 3.63) is 24.3 Å². The van der Waals surface area contributed by atoms with Crippen molar-refractivity contribution in [3.63, 3.8) is 0 Å². The molecule has 1 aliphatic rings. The van der Waals surface area contributed by atoms with E-state index in [1.165, 1.54) is 6.42 Å². The molecule has 0 heterocycles. The van der Waals surface area contributed by atoms with Gasteiger partial charge in [0.25, 0.3) is 11.8 Å². The minimum atomic E-state index is -0.446. The van der Waals surface area contributed by atoms with E-state index >= 15 is 0 Å². The molecule has 0 saturated heterocycles. The molecule has 1 unspecified atom stereocenters. The molecule has 0 aliphatic heterocycles. The molecule has 1 aromatic carbocycles. The maximum atomic E-state index is 12.2. The van der Waals surface area contributed by atoms with Gasteiger partial charge in [0, 0.05) is 10.9 Å². The third-order valence-corrected chi connectivity index (χ3v) is 5.29. The second-order valence-corrected chi connectivity index (χ2v) is 7.76. The number of hydrogen-bond acceptors (Lipinski definition) is 4. The van der Waals surface area contributed by atoms with Gasteiger partial charge in [0.15, 0.2) is 13.1 Å². The molecule has 27 heavy (non-hydrogen) atoms. The summed E-state index contributed by atoms with van der Waals surface area (Å²) >= 11 is 1.56. The first kappa shape index (κ1) is 21.2. The number of carbonyl (C=O) groups is 3. The van der Waals surface area contributed by atoms with Crippen molar-refractivity contribution >= 4 is 35.3 Å². The van der Waals surface area contributed by atoms with Crippen LogP contribution in [-0.4, -0.2) is 50.3 Å². The van der Waals surface area contributed by atoms with E-state index in [1.807, 2.05) is 30.5 Å². The fraction of sp³-hybridized carbons (Fsp3) is 0.526. The number of para-hydroxylation sites is 1. The Kier molecular flexibility index (Phi) is 8.60. The Morgan fingerprint density at radius 1 is 1.07 bits per heavy atom. The minimum absolute atomic E-state index is 0.0513. The van der Waals surface area contributed by atoms with Crippen molar-refractivity contribution in [3.8, 4) is 0 Å². The Bertz CT molecular complexity index is 662. The zero-order chi connectivity index (χ0) is 19.6. The number of urea groups is 1. The van der Waals surface area contributed by atoms with Crippen LogP contribution in [0.15, 0.2) is 29.2 Å². The summed E-state index contributed by atoms with van der Waals surface area (Å²) in [6.07, 6.45) is 7.30. The number of imide groups is 1. The number of anilines is 1. The molecule has 2 rings (SSSR count). The van der Waals surface area contributed by atoms with E-state index < -0.39 is 11.9 Å². The third kappa shape index (κ3) is 7.60. The quantitative estimate of drug-likeness (QED) is 0.521. The summed E-state index contributed by atoms with van der Waals surface area (Å²) in [5, 5.41) is 8.07. The number of rotatable bonds is 7. The van der Waals surface area contributed by atoms with Crippen LogP contribution in [0.5, 0.6) is 0 Å². The number of quaternary nitrogens is 1. The molecule has 7 nitrogen and oxygen atoms in total. The molecule has 4 amide bonds. The molecular weight excluding hydrogens is 364 g/mol. The zero-order valence-electron chi connectivity index (χ0n) is 16.0. The SMILES string of the molecule is CSc1ccccc1NC(=O)C[NH+](C)CC(=O)NC(=O)NC1CCCCC1. The first-order chi connectivity index (χ1) is 13.0. The lowest BCUT2D eigenvalue weighted by Crippen LogP contribution is -3.11. The predicted octanol–water partition coefficient (Wildman–Crippen LogP) is 1.02. The fourth-order valence-electron chi connectivity index (χ4n) is 3.19. The van der Waals surface area contributed by atoms with Gasteiger partial charge in [-0.25, -0.2) is 4.79 Å². The highest BCUT2D eigenvalue weighted by Crippen LogP contribution is 2.24. The molecular formula is C19H29N4O3S+. The summed E-state index contributed by atoms with van der Waals surface area (Å²) in [5.74, 6) is -0.563. The van der Waals surface area contributed by atoms with E-state index in [9.17, 15) is 14.4 Å². The molecule has 0 bridgehead atoms. The van der Waals surface area contributed by atoms with Gasteiger partial charge in [0.1, 0.15) is 0 Å². The summed E-state index contributed by atoms with van der Waals surface area (Å²) in [5.41, 5.74) is 0.763. The van der Waals surface area contributed by atoms with Gasteiger partial charge in [-0.05, 0) is 31.2 Å². The second-order valence-electron chi connectivity index (χ2n) is 6.92. The summed E-state index contributed by atoms with van der Waals surface area (Å²) in [4.78, 5) is 37.8. The van der Waals surface area contributed by atoms with Crippen molar-refractivity contribution in [2.24, 2.45) is 0 Å². The Morgan fingerprint density at radius 3 is 2.44 bits per heavy atom. The van der Waals surface area contributed by atoms with Gasteiger partial charge in [-0.2, -0.15) is 0 Å². The lowest BCUT2D eigenvalue weighted by atomic mass is 9.96. The summed E-state index contributed by atoms with van der Waals surface area (Å²) < 4.78 is 0. The first-order valence-electron chi connectivity index (χ1n) is 9.32. The molecule has 1 fully saturated rings. The van der Waals surface area contributed by atoms with Crippen LogP contribution in [-0.2, 0) is 9.59 Å². The molecule has 0 spiro atoms. The van der Waals surface area contributed by atoms with Crippen LogP contribution in [0.25, 0.3) is 0 Å². The van der Waals surface area contributed by atoms with Crippen molar-refractivity contribution in [1.29, 1.82) is 0 Å². The topological polar surface area (TPSA) is 91.7 Å². The van der Waals surface area contributed by atoms with Gasteiger partial charge in [-0.3, -0.25) is 14.9 Å². The highest BCUT2D eigenvalue weighted by Gasteiger charge is 2.19. The monoisotopic (exact) mass is 393 g/mol. The van der Waals surface area contributed by atoms with E-state index in [0.29, 0.717) is 4.90 Å². The van der Waals surface area contributed by atoms with Gasteiger partial charge >= 0.3 is 6.03 Å². The van der Waals surface area contributed by atoms with Crippen LogP contribution in [0.2, 0.25) is 0 Å². The Morgan fingerprint density at radius 2 is 1.74 bits per heavy atom. The van der Waals surface area contributed by atoms with Gasteiger partial charge in [0.2, 0.25) is 0 Å². The largest absolute Gasteiger partial charge is 0.335 e. The van der Waals surface area contributed by atoms with Crippen LogP contribution in [0.3, 0.4) is 0 Å². The first-order valence-corrected chi connectivity index (χ1v) is 10.5. The van der Waals surface area contributed by atoms with Crippen LogP contribution >= 0.6 is 11.8 Å². The average molecular weight is 394 g/mol. The zero-order valence-corrected chi connectivity index (χ0v) is 16.8. The molecule has 1 saturated carbocycles. The van der Waals surface area contributed by atoms with E-state index in [2.05, 4.69) is 16.0 Å². The minimum Gasteiger partial charge on any atom is -0.335 e. The van der Waals surface area contributed by atoms with Crippen LogP contribution in [0, 0.1) is 0 Å². The summed E-state index contributed by atoms with van der Waals surface area (Å²) in [6, 6.07) is 7.28. The number of amides is 4. The Balaban J connectivity index is 1.72. The highest BCUT2D eigenvalue weighted by molar-refractivity contribution is 7.98. The lowest BCUT2D eigenvalue weighted by molar-refractivity contribution is -0.862. The van der Waals surface area contributed by atoms with Crippen molar-refractivity contribution < 1.29 is 19.3 Å². The molecule has 0 radical (unpaired) electrons. The maximum absolute atomic E-state index is 12.2. The van der Waals surface area contributed by atoms with Gasteiger partial charge in [0.05, 0.1) is 12.7 Å². The average Bonchev–Trinajstić information content (AvgIpc) is 2.62. The third-order valence-electron chi connectivity index (χ3n) is 4.50. The molecule has 1 atom stereocenters. The van der Waals surface area contributed by atoms with E-state index in [1.54, 1.807) is 18.8 Å². The van der Waals surface area contributed by atoms with Crippen molar-refractivity contribution in [2.75, 3.05) is 31.7 Å². The molecule has 4 N–H and O–H groups in total. The van der Waals surface area contributed by atoms with E-state index in [4.69, 9.17) is 0 Å². The molecule has 0 aromatic heterocycles. The molecule has 1 aliphatic carbocycles. The number of likely N-dealkylation sites (N-methyl/N-ethyl adjacent to an activating group) is 1. The Hall–Kier alpha value is -2.06. The highest BCUT2D eigenvalue weighted by atomic mass is 32.2. The standard InChI is InChI=1S/C19H28N4O3S/c1-23(12-17(24)21-15-10-6-7-11-16(15)27-2)13-18(25)22-19(26)20-14-8-4-3-5-9-14/h6-7,10-11,14H,3-5,8-9,12-13H2,1-2H3,(H,21,24)(H2,20,22,25,26)/p+1. The predicted molar refractivity (Wildman–Crippen MR) is 107 cm³/mol.